The molecule has 0 aromatic rings. The molecule has 0 aliphatic carbocycles. The van der Waals surface area contributed by atoms with Crippen LogP contribution in [0.4, 0.5) is 30.7 Å². The highest BCUT2D eigenvalue weighted by molar-refractivity contribution is 5.81. The number of carbonyl (C=O) groups is 1. The largest absolute Gasteiger partial charge is 0.529 e. The molecule has 5 nitrogen and oxygen atoms in total. The number of amides is 1. The lowest BCUT2D eigenvalue weighted by molar-refractivity contribution is -0.527. The number of ether oxygens (including phenoxy) is 2. The van der Waals surface area contributed by atoms with Gasteiger partial charge in [-0.3, -0.25) is 4.79 Å². The summed E-state index contributed by atoms with van der Waals surface area (Å²) in [6.45, 7) is 0.0989. The molecule has 0 unspecified atom stereocenters. The second-order valence-corrected chi connectivity index (χ2v) is 4.04. The van der Waals surface area contributed by atoms with Crippen molar-refractivity contribution >= 4 is 5.91 Å². The van der Waals surface area contributed by atoms with E-state index in [0.717, 1.165) is 0 Å². The molecule has 0 aliphatic rings. The molecule has 1 amide bonds. The number of carbonyl (C=O) groups excluding carboxylic acids is 1. The molecule has 0 spiro atoms. The molecule has 0 saturated heterocycles. The van der Waals surface area contributed by atoms with Gasteiger partial charge in [0.1, 0.15) is 0 Å². The number of nitrogens with zero attached hydrogens (tertiary/aromatic N) is 1. The van der Waals surface area contributed by atoms with Crippen molar-refractivity contribution < 1.29 is 45.0 Å². The Labute approximate surface area is 115 Å². The van der Waals surface area contributed by atoms with E-state index in [1.54, 1.807) is 24.3 Å². The molecule has 12 heteroatoms. The zero-order chi connectivity index (χ0) is 16.9. The molecule has 0 aliphatic heterocycles. The summed E-state index contributed by atoms with van der Waals surface area (Å²) >= 11 is 0. The average molecular weight is 330 g/mol. The van der Waals surface area contributed by atoms with E-state index in [2.05, 4.69) is 4.74 Å². The summed E-state index contributed by atoms with van der Waals surface area (Å²) in [4.78, 5) is 12.5. The van der Waals surface area contributed by atoms with E-state index in [4.69, 9.17) is 0 Å². The molecule has 0 fully saturated rings. The lowest BCUT2D eigenvalue weighted by Gasteiger charge is -2.23. The first-order valence-electron chi connectivity index (χ1n) is 5.41. The van der Waals surface area contributed by atoms with Gasteiger partial charge in [-0.2, -0.15) is 13.5 Å². The van der Waals surface area contributed by atoms with Crippen LogP contribution in [0.3, 0.4) is 0 Å². The van der Waals surface area contributed by atoms with Gasteiger partial charge < -0.3 is 10.2 Å². The van der Waals surface area contributed by atoms with Crippen molar-refractivity contribution in [1.82, 2.24) is 10.2 Å². The van der Waals surface area contributed by atoms with Crippen LogP contribution in [-0.2, 0) is 14.3 Å². The van der Waals surface area contributed by atoms with E-state index in [-0.39, 0.29) is 13.0 Å². The van der Waals surface area contributed by atoms with Crippen molar-refractivity contribution in [2.75, 3.05) is 27.2 Å². The van der Waals surface area contributed by atoms with Gasteiger partial charge >= 0.3 is 24.7 Å². The standard InChI is InChI=1S/C9H13F7N2O3/c1-18(2)5-3-4-17-6(19)7(10,11)20-9(15,16)21-8(12,13)14/h3-5H2,1-2H3,(H,17,19). The van der Waals surface area contributed by atoms with E-state index < -0.39 is 24.7 Å². The summed E-state index contributed by atoms with van der Waals surface area (Å²) < 4.78 is 89.8. The van der Waals surface area contributed by atoms with Crippen LogP contribution in [0.15, 0.2) is 0 Å². The first-order valence-corrected chi connectivity index (χ1v) is 5.41. The Kier molecular flexibility index (Phi) is 6.83. The van der Waals surface area contributed by atoms with Gasteiger partial charge in [-0.15, -0.1) is 22.0 Å². The Morgan fingerprint density at radius 3 is 2.00 bits per heavy atom. The van der Waals surface area contributed by atoms with Gasteiger partial charge in [-0.25, -0.2) is 4.74 Å². The minimum atomic E-state index is -5.91. The molecule has 0 radical (unpaired) electrons. The Hall–Kier alpha value is -1.14. The van der Waals surface area contributed by atoms with Crippen LogP contribution in [0.1, 0.15) is 6.42 Å². The molecule has 0 bridgehead atoms. The summed E-state index contributed by atoms with van der Waals surface area (Å²) in [5.41, 5.74) is 0. The Morgan fingerprint density at radius 1 is 1.05 bits per heavy atom. The molecule has 0 saturated carbocycles. The summed E-state index contributed by atoms with van der Waals surface area (Å²) in [6, 6.07) is 0. The minimum Gasteiger partial charge on any atom is -0.348 e. The molecule has 0 heterocycles. The summed E-state index contributed by atoms with van der Waals surface area (Å²) in [5, 5.41) is 1.55. The van der Waals surface area contributed by atoms with E-state index in [1.165, 1.54) is 0 Å². The van der Waals surface area contributed by atoms with Gasteiger partial charge in [0.25, 0.3) is 0 Å². The van der Waals surface area contributed by atoms with Crippen molar-refractivity contribution in [1.29, 1.82) is 0 Å². The normalized spacial score (nSPS) is 13.6. The molecular weight excluding hydrogens is 317 g/mol. The number of rotatable bonds is 8. The van der Waals surface area contributed by atoms with Crippen LogP contribution in [0, 0.1) is 0 Å². The van der Waals surface area contributed by atoms with E-state index in [0.29, 0.717) is 6.54 Å². The SMILES string of the molecule is CN(C)CCCNC(=O)C(F)(F)OC(F)(F)OC(F)(F)F. The third-order valence-electron chi connectivity index (χ3n) is 1.81. The van der Waals surface area contributed by atoms with Gasteiger partial charge in [-0.1, -0.05) is 0 Å². The smallest absolute Gasteiger partial charge is 0.348 e. The lowest BCUT2D eigenvalue weighted by Crippen LogP contribution is -2.48. The van der Waals surface area contributed by atoms with Crippen LogP contribution in [0.5, 0.6) is 0 Å². The van der Waals surface area contributed by atoms with Crippen molar-refractivity contribution in [2.24, 2.45) is 0 Å². The van der Waals surface area contributed by atoms with Crippen LogP contribution in [0.25, 0.3) is 0 Å². The second kappa shape index (κ2) is 7.22. The Balaban J connectivity index is 4.42. The zero-order valence-electron chi connectivity index (χ0n) is 10.9. The highest BCUT2D eigenvalue weighted by Crippen LogP contribution is 2.33. The molecular formula is C9H13F7N2O3. The predicted octanol–water partition coefficient (Wildman–Crippen LogP) is 1.75. The van der Waals surface area contributed by atoms with Crippen molar-refractivity contribution in [3.05, 3.63) is 0 Å². The highest BCUT2D eigenvalue weighted by atomic mass is 19.4. The third-order valence-corrected chi connectivity index (χ3v) is 1.81. The first kappa shape index (κ1) is 19.9. The maximum Gasteiger partial charge on any atom is 0.529 e. The summed E-state index contributed by atoms with van der Waals surface area (Å²) in [5.74, 6) is -2.30. The van der Waals surface area contributed by atoms with Crippen molar-refractivity contribution in [2.45, 2.75) is 25.2 Å². The fraction of sp³-hybridized carbons (Fsp3) is 0.889. The molecule has 0 rings (SSSR count). The maximum atomic E-state index is 12.9. The third kappa shape index (κ3) is 9.42. The summed E-state index contributed by atoms with van der Waals surface area (Å²) in [7, 11) is 3.32. The number of nitrogens with one attached hydrogen (secondary N) is 1. The van der Waals surface area contributed by atoms with Crippen LogP contribution >= 0.6 is 0 Å². The Morgan fingerprint density at radius 2 is 1.57 bits per heavy atom. The monoisotopic (exact) mass is 330 g/mol. The van der Waals surface area contributed by atoms with Crippen LogP contribution < -0.4 is 5.32 Å². The van der Waals surface area contributed by atoms with Gasteiger partial charge in [0, 0.05) is 6.54 Å². The van der Waals surface area contributed by atoms with E-state index in [1.807, 2.05) is 4.74 Å². The fourth-order valence-electron chi connectivity index (χ4n) is 1.05. The van der Waals surface area contributed by atoms with E-state index in [9.17, 15) is 35.5 Å². The molecule has 0 atom stereocenters. The van der Waals surface area contributed by atoms with Gasteiger partial charge in [0.05, 0.1) is 0 Å². The number of halogens is 7. The van der Waals surface area contributed by atoms with Gasteiger partial charge in [0.2, 0.25) is 0 Å². The van der Waals surface area contributed by atoms with Crippen molar-refractivity contribution in [3.8, 4) is 0 Å². The molecule has 21 heavy (non-hydrogen) atoms. The minimum absolute atomic E-state index is 0.213. The number of hydrogen-bond acceptors (Lipinski definition) is 4. The zero-order valence-corrected chi connectivity index (χ0v) is 10.9. The summed E-state index contributed by atoms with van der Waals surface area (Å²) in [6.07, 6.45) is -16.6. The average Bonchev–Trinajstić information content (AvgIpc) is 2.18. The molecule has 1 N–H and O–H groups in total. The predicted molar refractivity (Wildman–Crippen MR) is 54.3 cm³/mol. The number of alkyl halides is 7. The second-order valence-electron chi connectivity index (χ2n) is 4.04. The highest BCUT2D eigenvalue weighted by Gasteiger charge is 2.55. The lowest BCUT2D eigenvalue weighted by atomic mass is 10.4. The van der Waals surface area contributed by atoms with Crippen LogP contribution in [0.2, 0.25) is 0 Å². The van der Waals surface area contributed by atoms with Crippen molar-refractivity contribution in [3.63, 3.8) is 0 Å². The molecule has 126 valence electrons. The van der Waals surface area contributed by atoms with Gasteiger partial charge in [-0.05, 0) is 27.1 Å². The Bertz CT molecular complexity index is 347. The number of hydrogen-bond donors (Lipinski definition) is 1. The van der Waals surface area contributed by atoms with Crippen LogP contribution in [-0.4, -0.2) is 56.8 Å². The maximum absolute atomic E-state index is 12.9. The molecule has 0 aromatic carbocycles. The first-order chi connectivity index (χ1) is 9.25. The quantitative estimate of drug-likeness (QED) is 0.419. The van der Waals surface area contributed by atoms with Gasteiger partial charge in [0.15, 0.2) is 0 Å². The van der Waals surface area contributed by atoms with E-state index >= 15 is 0 Å². The fourth-order valence-corrected chi connectivity index (χ4v) is 1.05. The topological polar surface area (TPSA) is 50.8 Å². The molecule has 0 aromatic heterocycles.